The number of amides is 1. The molecular formula is C25H32ClN5O. The third-order valence-corrected chi connectivity index (χ3v) is 6.56. The fourth-order valence-electron chi connectivity index (χ4n) is 4.48. The molecule has 0 radical (unpaired) electrons. The van der Waals surface area contributed by atoms with Gasteiger partial charge in [-0.3, -0.25) is 14.4 Å². The molecule has 0 spiro atoms. The third kappa shape index (κ3) is 5.08. The molecule has 1 saturated heterocycles. The molecule has 1 atom stereocenters. The minimum Gasteiger partial charge on any atom is -0.369 e. The fourth-order valence-corrected chi connectivity index (χ4v) is 4.64. The first kappa shape index (κ1) is 22.6. The Morgan fingerprint density at radius 1 is 1.16 bits per heavy atom. The number of hydrogen-bond donors (Lipinski definition) is 1. The SMILES string of the molecule is CCC(C(=O)NCCCN1CCN(c2cc(Cl)ccc2C)CC1)n1ncc2ccccc21. The maximum absolute atomic E-state index is 12.8. The Balaban J connectivity index is 1.22. The van der Waals surface area contributed by atoms with Crippen molar-refractivity contribution < 1.29 is 4.79 Å². The number of para-hydroxylation sites is 1. The maximum atomic E-state index is 12.8. The summed E-state index contributed by atoms with van der Waals surface area (Å²) in [6, 6.07) is 13.8. The summed E-state index contributed by atoms with van der Waals surface area (Å²) in [5, 5.41) is 9.44. The van der Waals surface area contributed by atoms with Crippen LogP contribution in [-0.2, 0) is 4.79 Å². The van der Waals surface area contributed by atoms with Gasteiger partial charge in [-0.1, -0.05) is 42.8 Å². The zero-order valence-electron chi connectivity index (χ0n) is 18.9. The number of piperazine rings is 1. The first-order valence-corrected chi connectivity index (χ1v) is 11.9. The molecule has 1 fully saturated rings. The molecule has 7 heteroatoms. The molecule has 2 aromatic carbocycles. The Morgan fingerprint density at radius 2 is 1.94 bits per heavy atom. The maximum Gasteiger partial charge on any atom is 0.244 e. The number of rotatable bonds is 8. The van der Waals surface area contributed by atoms with Crippen LogP contribution in [-0.4, -0.2) is 59.9 Å². The Morgan fingerprint density at radius 3 is 2.72 bits per heavy atom. The summed E-state index contributed by atoms with van der Waals surface area (Å²) in [5.41, 5.74) is 3.50. The first-order chi connectivity index (χ1) is 15.6. The van der Waals surface area contributed by atoms with E-state index in [1.807, 2.05) is 48.1 Å². The lowest BCUT2D eigenvalue weighted by molar-refractivity contribution is -0.124. The normalized spacial score (nSPS) is 15.8. The molecule has 32 heavy (non-hydrogen) atoms. The van der Waals surface area contributed by atoms with Crippen LogP contribution in [0.15, 0.2) is 48.7 Å². The van der Waals surface area contributed by atoms with Crippen molar-refractivity contribution in [1.29, 1.82) is 0 Å². The van der Waals surface area contributed by atoms with Gasteiger partial charge >= 0.3 is 0 Å². The second kappa shape index (κ2) is 10.4. The first-order valence-electron chi connectivity index (χ1n) is 11.5. The van der Waals surface area contributed by atoms with Crippen molar-refractivity contribution in [2.24, 2.45) is 0 Å². The molecule has 4 rings (SSSR count). The predicted molar refractivity (Wildman–Crippen MR) is 132 cm³/mol. The molecule has 0 saturated carbocycles. The second-order valence-electron chi connectivity index (χ2n) is 8.48. The highest BCUT2D eigenvalue weighted by Crippen LogP contribution is 2.25. The van der Waals surface area contributed by atoms with Crippen molar-refractivity contribution >= 4 is 34.1 Å². The minimum absolute atomic E-state index is 0.0441. The molecule has 0 aliphatic carbocycles. The van der Waals surface area contributed by atoms with Gasteiger partial charge in [-0.15, -0.1) is 0 Å². The van der Waals surface area contributed by atoms with Crippen LogP contribution in [0.4, 0.5) is 5.69 Å². The number of carbonyl (C=O) groups is 1. The third-order valence-electron chi connectivity index (χ3n) is 6.32. The van der Waals surface area contributed by atoms with E-state index in [1.165, 1.54) is 11.3 Å². The average Bonchev–Trinajstić information content (AvgIpc) is 3.23. The Hall–Kier alpha value is -2.57. The van der Waals surface area contributed by atoms with Crippen LogP contribution in [0.5, 0.6) is 0 Å². The highest BCUT2D eigenvalue weighted by atomic mass is 35.5. The van der Waals surface area contributed by atoms with Crippen LogP contribution in [0, 0.1) is 6.92 Å². The quantitative estimate of drug-likeness (QED) is 0.517. The van der Waals surface area contributed by atoms with E-state index >= 15 is 0 Å². The molecule has 0 bridgehead atoms. The molecule has 2 heterocycles. The Kier molecular flexibility index (Phi) is 7.33. The average molecular weight is 454 g/mol. The number of benzene rings is 2. The van der Waals surface area contributed by atoms with E-state index in [2.05, 4.69) is 39.3 Å². The van der Waals surface area contributed by atoms with E-state index in [4.69, 9.17) is 11.6 Å². The summed E-state index contributed by atoms with van der Waals surface area (Å²) in [6.45, 7) is 9.88. The van der Waals surface area contributed by atoms with E-state index in [0.29, 0.717) is 13.0 Å². The van der Waals surface area contributed by atoms with Crippen LogP contribution in [0.1, 0.15) is 31.4 Å². The molecular weight excluding hydrogens is 422 g/mol. The summed E-state index contributed by atoms with van der Waals surface area (Å²) in [7, 11) is 0. The smallest absolute Gasteiger partial charge is 0.244 e. The van der Waals surface area contributed by atoms with Gasteiger partial charge in [0.2, 0.25) is 5.91 Å². The molecule has 170 valence electrons. The number of nitrogens with zero attached hydrogens (tertiary/aromatic N) is 4. The van der Waals surface area contributed by atoms with Crippen molar-refractivity contribution in [2.75, 3.05) is 44.2 Å². The number of halogens is 1. The highest BCUT2D eigenvalue weighted by Gasteiger charge is 2.21. The van der Waals surface area contributed by atoms with Gasteiger partial charge in [0, 0.05) is 48.8 Å². The number of anilines is 1. The number of hydrogen-bond acceptors (Lipinski definition) is 4. The van der Waals surface area contributed by atoms with Crippen molar-refractivity contribution in [3.05, 3.63) is 59.2 Å². The largest absolute Gasteiger partial charge is 0.369 e. The molecule has 1 aromatic heterocycles. The molecule has 3 aromatic rings. The van der Waals surface area contributed by atoms with Gasteiger partial charge in [0.05, 0.1) is 11.7 Å². The topological polar surface area (TPSA) is 53.4 Å². The summed E-state index contributed by atoms with van der Waals surface area (Å²) < 4.78 is 1.85. The van der Waals surface area contributed by atoms with Gasteiger partial charge in [0.15, 0.2) is 0 Å². The minimum atomic E-state index is -0.278. The molecule has 1 amide bonds. The van der Waals surface area contributed by atoms with E-state index in [-0.39, 0.29) is 11.9 Å². The van der Waals surface area contributed by atoms with E-state index in [0.717, 1.165) is 55.1 Å². The summed E-state index contributed by atoms with van der Waals surface area (Å²) in [4.78, 5) is 17.7. The van der Waals surface area contributed by atoms with Gasteiger partial charge in [0.1, 0.15) is 6.04 Å². The number of nitrogens with one attached hydrogen (secondary N) is 1. The second-order valence-corrected chi connectivity index (χ2v) is 8.91. The van der Waals surface area contributed by atoms with E-state index in [9.17, 15) is 4.79 Å². The zero-order valence-corrected chi connectivity index (χ0v) is 19.7. The molecule has 1 unspecified atom stereocenters. The number of aryl methyl sites for hydroxylation is 1. The van der Waals surface area contributed by atoms with Gasteiger partial charge in [-0.25, -0.2) is 0 Å². The lowest BCUT2D eigenvalue weighted by atomic mass is 10.1. The van der Waals surface area contributed by atoms with Gasteiger partial charge in [-0.05, 0) is 50.1 Å². The molecule has 1 aliphatic heterocycles. The Labute approximate surface area is 195 Å². The van der Waals surface area contributed by atoms with Crippen molar-refractivity contribution in [3.8, 4) is 0 Å². The van der Waals surface area contributed by atoms with Gasteiger partial charge < -0.3 is 10.2 Å². The number of fused-ring (bicyclic) bond motifs is 1. The molecule has 1 aliphatic rings. The number of aromatic nitrogens is 2. The van der Waals surface area contributed by atoms with Crippen molar-refractivity contribution in [1.82, 2.24) is 20.0 Å². The van der Waals surface area contributed by atoms with Crippen LogP contribution in [0.3, 0.4) is 0 Å². The summed E-state index contributed by atoms with van der Waals surface area (Å²) in [5.74, 6) is 0.0441. The van der Waals surface area contributed by atoms with Crippen molar-refractivity contribution in [2.45, 2.75) is 32.7 Å². The fraction of sp³-hybridized carbons (Fsp3) is 0.440. The van der Waals surface area contributed by atoms with Crippen LogP contribution >= 0.6 is 11.6 Å². The lowest BCUT2D eigenvalue weighted by Gasteiger charge is -2.37. The standard InChI is InChI=1S/C25H32ClN5O/c1-3-22(31-23-8-5-4-7-20(23)18-28-31)25(32)27-11-6-12-29-13-15-30(16-14-29)24-17-21(26)10-9-19(24)2/h4-5,7-10,17-18,22H,3,6,11-16H2,1-2H3,(H,27,32). The van der Waals surface area contributed by atoms with Crippen LogP contribution in [0.25, 0.3) is 10.9 Å². The van der Waals surface area contributed by atoms with E-state index in [1.54, 1.807) is 0 Å². The van der Waals surface area contributed by atoms with Gasteiger partial charge in [0.25, 0.3) is 0 Å². The predicted octanol–water partition coefficient (Wildman–Crippen LogP) is 4.28. The van der Waals surface area contributed by atoms with Gasteiger partial charge in [-0.2, -0.15) is 5.10 Å². The van der Waals surface area contributed by atoms with Crippen LogP contribution in [0.2, 0.25) is 5.02 Å². The monoisotopic (exact) mass is 453 g/mol. The lowest BCUT2D eigenvalue weighted by Crippen LogP contribution is -2.47. The van der Waals surface area contributed by atoms with Crippen molar-refractivity contribution in [3.63, 3.8) is 0 Å². The summed E-state index contributed by atoms with van der Waals surface area (Å²) >= 11 is 6.19. The zero-order chi connectivity index (χ0) is 22.5. The highest BCUT2D eigenvalue weighted by molar-refractivity contribution is 6.30. The molecule has 6 nitrogen and oxygen atoms in total. The number of carbonyl (C=O) groups excluding carboxylic acids is 1. The summed E-state index contributed by atoms with van der Waals surface area (Å²) in [6.07, 6.45) is 3.48. The molecule has 1 N–H and O–H groups in total. The Bertz CT molecular complexity index is 1060. The van der Waals surface area contributed by atoms with Crippen LogP contribution < -0.4 is 10.2 Å². The van der Waals surface area contributed by atoms with E-state index < -0.39 is 0 Å².